The van der Waals surface area contributed by atoms with Crippen molar-refractivity contribution in [1.29, 1.82) is 0 Å². The Hall–Kier alpha value is -2.87. The molecule has 4 rings (SSSR count). The molecule has 8 nitrogen and oxygen atoms in total. The number of methoxy groups -OCH3 is 1. The second kappa shape index (κ2) is 8.02. The molecule has 0 spiro atoms. The second-order valence-corrected chi connectivity index (χ2v) is 7.07. The zero-order chi connectivity index (χ0) is 19.5. The number of amides is 1. The standard InChI is InChI=1S/C20H25N5O3/c1-21-19-15(13-3-4-13)10-22-20(24-19)23-16-6-5-14(9-17(16)27-2)18-11-25(12-26)7-8-28-18/h5-6,9-10,12-13,18H,3-4,7-8,11H2,1-2H3,(H2,21,22,23,24). The van der Waals surface area contributed by atoms with E-state index < -0.39 is 0 Å². The number of rotatable bonds is 7. The molecule has 8 heteroatoms. The highest BCUT2D eigenvalue weighted by atomic mass is 16.5. The first-order chi connectivity index (χ1) is 13.7. The molecule has 1 aromatic heterocycles. The van der Waals surface area contributed by atoms with Crippen molar-refractivity contribution < 1.29 is 14.3 Å². The van der Waals surface area contributed by atoms with Crippen LogP contribution in [0.2, 0.25) is 0 Å². The Morgan fingerprint density at radius 3 is 2.93 bits per heavy atom. The molecular weight excluding hydrogens is 358 g/mol. The van der Waals surface area contributed by atoms with Crippen LogP contribution in [0.4, 0.5) is 17.5 Å². The minimum absolute atomic E-state index is 0.160. The SMILES string of the molecule is CNc1nc(Nc2ccc(C3CN(C=O)CCO3)cc2OC)ncc1C1CC1. The predicted molar refractivity (Wildman–Crippen MR) is 106 cm³/mol. The molecule has 148 valence electrons. The van der Waals surface area contributed by atoms with Crippen molar-refractivity contribution >= 4 is 23.9 Å². The van der Waals surface area contributed by atoms with Gasteiger partial charge >= 0.3 is 0 Å². The number of nitrogens with zero attached hydrogens (tertiary/aromatic N) is 3. The first kappa shape index (κ1) is 18.5. The Morgan fingerprint density at radius 1 is 1.36 bits per heavy atom. The average molecular weight is 383 g/mol. The monoisotopic (exact) mass is 383 g/mol. The van der Waals surface area contributed by atoms with Gasteiger partial charge < -0.3 is 25.0 Å². The van der Waals surface area contributed by atoms with E-state index in [9.17, 15) is 4.79 Å². The first-order valence-electron chi connectivity index (χ1n) is 9.52. The van der Waals surface area contributed by atoms with Crippen molar-refractivity contribution in [3.63, 3.8) is 0 Å². The lowest BCUT2D eigenvalue weighted by Gasteiger charge is -2.30. The molecule has 28 heavy (non-hydrogen) atoms. The lowest BCUT2D eigenvalue weighted by molar-refractivity contribution is -0.125. The van der Waals surface area contributed by atoms with Gasteiger partial charge in [0.25, 0.3) is 0 Å². The number of anilines is 3. The van der Waals surface area contributed by atoms with Crippen molar-refractivity contribution in [3.05, 3.63) is 35.5 Å². The molecule has 2 N–H and O–H groups in total. The molecule has 1 atom stereocenters. The maximum atomic E-state index is 11.1. The summed E-state index contributed by atoms with van der Waals surface area (Å²) in [5.41, 5.74) is 2.91. The van der Waals surface area contributed by atoms with Crippen molar-refractivity contribution in [1.82, 2.24) is 14.9 Å². The van der Waals surface area contributed by atoms with Gasteiger partial charge in [-0.2, -0.15) is 4.98 Å². The van der Waals surface area contributed by atoms with Gasteiger partial charge in [0, 0.05) is 25.4 Å². The first-order valence-corrected chi connectivity index (χ1v) is 9.52. The van der Waals surface area contributed by atoms with Crippen LogP contribution in [-0.4, -0.2) is 55.1 Å². The number of benzene rings is 1. The third-order valence-corrected chi connectivity index (χ3v) is 5.16. The van der Waals surface area contributed by atoms with Gasteiger partial charge in [-0.1, -0.05) is 6.07 Å². The molecule has 0 radical (unpaired) electrons. The number of carbonyl (C=O) groups excluding carboxylic acids is 1. The van der Waals surface area contributed by atoms with E-state index >= 15 is 0 Å². The van der Waals surface area contributed by atoms with Crippen LogP contribution in [0, 0.1) is 0 Å². The van der Waals surface area contributed by atoms with Gasteiger partial charge in [-0.3, -0.25) is 4.79 Å². The van der Waals surface area contributed by atoms with Crippen molar-refractivity contribution in [2.24, 2.45) is 0 Å². The van der Waals surface area contributed by atoms with Gasteiger partial charge in [0.15, 0.2) is 0 Å². The van der Waals surface area contributed by atoms with Crippen LogP contribution in [0.25, 0.3) is 0 Å². The summed E-state index contributed by atoms with van der Waals surface area (Å²) in [4.78, 5) is 21.8. The van der Waals surface area contributed by atoms with Crippen LogP contribution >= 0.6 is 0 Å². The summed E-state index contributed by atoms with van der Waals surface area (Å²) in [6, 6.07) is 5.83. The van der Waals surface area contributed by atoms with Gasteiger partial charge in [0.2, 0.25) is 12.4 Å². The number of carbonyl (C=O) groups is 1. The summed E-state index contributed by atoms with van der Waals surface area (Å²) in [6.07, 6.45) is 5.00. The van der Waals surface area contributed by atoms with Crippen molar-refractivity contribution in [2.75, 3.05) is 44.5 Å². The molecule has 2 aliphatic rings. The van der Waals surface area contributed by atoms with Crippen LogP contribution < -0.4 is 15.4 Å². The van der Waals surface area contributed by atoms with E-state index in [0.717, 1.165) is 23.5 Å². The van der Waals surface area contributed by atoms with Gasteiger partial charge in [0.1, 0.15) is 17.7 Å². The van der Waals surface area contributed by atoms with Gasteiger partial charge in [-0.15, -0.1) is 0 Å². The molecule has 0 bridgehead atoms. The molecule has 1 aromatic carbocycles. The normalized spacial score (nSPS) is 19.2. The highest BCUT2D eigenvalue weighted by molar-refractivity contribution is 5.65. The summed E-state index contributed by atoms with van der Waals surface area (Å²) in [6.45, 7) is 1.69. The fraction of sp³-hybridized carbons (Fsp3) is 0.450. The molecule has 1 aliphatic heterocycles. The zero-order valence-corrected chi connectivity index (χ0v) is 16.1. The smallest absolute Gasteiger partial charge is 0.229 e. The molecule has 2 aromatic rings. The van der Waals surface area contributed by atoms with Crippen molar-refractivity contribution in [3.8, 4) is 5.75 Å². The number of nitrogens with one attached hydrogen (secondary N) is 2. The van der Waals surface area contributed by atoms with E-state index in [0.29, 0.717) is 37.3 Å². The summed E-state index contributed by atoms with van der Waals surface area (Å²) in [7, 11) is 3.50. The number of ether oxygens (including phenoxy) is 2. The summed E-state index contributed by atoms with van der Waals surface area (Å²) in [5, 5.41) is 6.40. The highest BCUT2D eigenvalue weighted by Crippen LogP contribution is 2.43. The summed E-state index contributed by atoms with van der Waals surface area (Å²) >= 11 is 0. The Morgan fingerprint density at radius 2 is 2.21 bits per heavy atom. The number of morpholine rings is 1. The summed E-state index contributed by atoms with van der Waals surface area (Å²) in [5.74, 6) is 2.62. The number of hydrogen-bond donors (Lipinski definition) is 2. The quantitative estimate of drug-likeness (QED) is 0.711. The maximum absolute atomic E-state index is 11.1. The third kappa shape index (κ3) is 3.87. The zero-order valence-electron chi connectivity index (χ0n) is 16.1. The van der Waals surface area contributed by atoms with Crippen LogP contribution in [0.15, 0.2) is 24.4 Å². The van der Waals surface area contributed by atoms with Crippen LogP contribution in [0.1, 0.15) is 36.0 Å². The lowest BCUT2D eigenvalue weighted by atomic mass is 10.1. The van der Waals surface area contributed by atoms with Crippen LogP contribution in [-0.2, 0) is 9.53 Å². The van der Waals surface area contributed by atoms with Gasteiger partial charge in [-0.05, 0) is 36.5 Å². The molecular formula is C20H25N5O3. The molecule has 1 saturated heterocycles. The van der Waals surface area contributed by atoms with Gasteiger partial charge in [0.05, 0.1) is 25.9 Å². The molecule has 1 unspecified atom stereocenters. The van der Waals surface area contributed by atoms with Gasteiger partial charge in [-0.25, -0.2) is 4.98 Å². The second-order valence-electron chi connectivity index (χ2n) is 7.07. The minimum atomic E-state index is -0.160. The third-order valence-electron chi connectivity index (χ3n) is 5.16. The van der Waals surface area contributed by atoms with Crippen molar-refractivity contribution in [2.45, 2.75) is 24.9 Å². The highest BCUT2D eigenvalue weighted by Gasteiger charge is 2.27. The van der Waals surface area contributed by atoms with E-state index in [1.165, 1.54) is 18.4 Å². The molecule has 1 aliphatic carbocycles. The Labute approximate surface area is 164 Å². The summed E-state index contributed by atoms with van der Waals surface area (Å²) < 4.78 is 11.4. The molecule has 1 amide bonds. The topological polar surface area (TPSA) is 88.6 Å². The number of hydrogen-bond acceptors (Lipinski definition) is 7. The maximum Gasteiger partial charge on any atom is 0.229 e. The van der Waals surface area contributed by atoms with E-state index in [-0.39, 0.29) is 6.10 Å². The molecule has 2 heterocycles. The predicted octanol–water partition coefficient (Wildman–Crippen LogP) is 2.68. The Kier molecular flexibility index (Phi) is 5.29. The lowest BCUT2D eigenvalue weighted by Crippen LogP contribution is -2.37. The Balaban J connectivity index is 1.54. The minimum Gasteiger partial charge on any atom is -0.495 e. The molecule has 2 fully saturated rings. The number of aromatic nitrogens is 2. The van der Waals surface area contributed by atoms with E-state index in [4.69, 9.17) is 9.47 Å². The fourth-order valence-electron chi connectivity index (χ4n) is 3.44. The van der Waals surface area contributed by atoms with E-state index in [1.54, 1.807) is 12.0 Å². The molecule has 1 saturated carbocycles. The average Bonchev–Trinajstić information content (AvgIpc) is 3.59. The largest absolute Gasteiger partial charge is 0.495 e. The Bertz CT molecular complexity index is 856. The van der Waals surface area contributed by atoms with E-state index in [2.05, 4.69) is 20.6 Å². The van der Waals surface area contributed by atoms with E-state index in [1.807, 2.05) is 31.4 Å². The van der Waals surface area contributed by atoms with Crippen LogP contribution in [0.3, 0.4) is 0 Å². The fourth-order valence-corrected chi connectivity index (χ4v) is 3.44. The van der Waals surface area contributed by atoms with Crippen LogP contribution in [0.5, 0.6) is 5.75 Å².